The summed E-state index contributed by atoms with van der Waals surface area (Å²) in [5.41, 5.74) is 3.91. The smallest absolute Gasteiger partial charge is 0.252 e. The summed E-state index contributed by atoms with van der Waals surface area (Å²) in [4.78, 5) is 12.2. The number of methoxy groups -OCH3 is 1. The lowest BCUT2D eigenvalue weighted by Crippen LogP contribution is -2.23. The molecule has 0 spiro atoms. The van der Waals surface area contributed by atoms with E-state index in [4.69, 9.17) is 4.74 Å². The van der Waals surface area contributed by atoms with Crippen molar-refractivity contribution in [1.82, 2.24) is 5.32 Å². The van der Waals surface area contributed by atoms with Crippen molar-refractivity contribution in [3.05, 3.63) is 69.2 Å². The average Bonchev–Trinajstić information content (AvgIpc) is 2.46. The molecule has 0 unspecified atom stereocenters. The van der Waals surface area contributed by atoms with Crippen molar-refractivity contribution in [2.24, 2.45) is 0 Å². The fourth-order valence-electron chi connectivity index (χ4n) is 2.10. The highest BCUT2D eigenvalue weighted by molar-refractivity contribution is 9.10. The Hall–Kier alpha value is -1.65. The summed E-state index contributed by atoms with van der Waals surface area (Å²) in [7, 11) is 1.67. The van der Waals surface area contributed by atoms with Crippen molar-refractivity contribution in [2.75, 3.05) is 7.11 Å². The Morgan fingerprint density at radius 2 is 1.90 bits per heavy atom. The molecule has 0 bridgehead atoms. The van der Waals surface area contributed by atoms with Crippen molar-refractivity contribution in [2.45, 2.75) is 20.1 Å². The number of aryl methyl sites for hydroxylation is 1. The van der Waals surface area contributed by atoms with Gasteiger partial charge in [-0.15, -0.1) is 0 Å². The number of carbonyl (C=O) groups excluding carboxylic acids is 1. The van der Waals surface area contributed by atoms with E-state index < -0.39 is 0 Å². The van der Waals surface area contributed by atoms with E-state index in [0.717, 1.165) is 21.2 Å². The lowest BCUT2D eigenvalue weighted by molar-refractivity contribution is 0.0949. The lowest BCUT2D eigenvalue weighted by atomic mass is 10.1. The summed E-state index contributed by atoms with van der Waals surface area (Å²) >= 11 is 3.43. The number of ether oxygens (including phenoxy) is 1. The second-order valence-electron chi connectivity index (χ2n) is 4.87. The van der Waals surface area contributed by atoms with Crippen molar-refractivity contribution in [1.29, 1.82) is 0 Å². The minimum absolute atomic E-state index is 0.0888. The van der Waals surface area contributed by atoms with Crippen LogP contribution in [0.15, 0.2) is 46.9 Å². The van der Waals surface area contributed by atoms with Crippen molar-refractivity contribution >= 4 is 21.8 Å². The fourth-order valence-corrected chi connectivity index (χ4v) is 2.77. The van der Waals surface area contributed by atoms with Crippen LogP contribution in [0.1, 0.15) is 27.0 Å². The molecule has 0 aliphatic rings. The van der Waals surface area contributed by atoms with Gasteiger partial charge in [0.2, 0.25) is 0 Å². The van der Waals surface area contributed by atoms with Gasteiger partial charge in [-0.1, -0.05) is 30.3 Å². The maximum Gasteiger partial charge on any atom is 0.252 e. The molecule has 21 heavy (non-hydrogen) atoms. The minimum atomic E-state index is -0.0888. The van der Waals surface area contributed by atoms with Crippen LogP contribution in [-0.4, -0.2) is 13.0 Å². The van der Waals surface area contributed by atoms with Gasteiger partial charge in [-0.05, 0) is 51.7 Å². The first-order valence-electron chi connectivity index (χ1n) is 6.72. The predicted octanol–water partition coefficient (Wildman–Crippen LogP) is 3.83. The van der Waals surface area contributed by atoms with E-state index in [9.17, 15) is 4.79 Å². The summed E-state index contributed by atoms with van der Waals surface area (Å²) < 4.78 is 5.98. The van der Waals surface area contributed by atoms with Gasteiger partial charge in [-0.25, -0.2) is 0 Å². The minimum Gasteiger partial charge on any atom is -0.380 e. The molecule has 0 fully saturated rings. The lowest BCUT2D eigenvalue weighted by Gasteiger charge is -2.11. The molecule has 0 atom stereocenters. The number of hydrogen-bond acceptors (Lipinski definition) is 2. The normalized spacial score (nSPS) is 10.4. The van der Waals surface area contributed by atoms with E-state index in [1.165, 1.54) is 0 Å². The van der Waals surface area contributed by atoms with E-state index in [-0.39, 0.29) is 5.91 Å². The zero-order chi connectivity index (χ0) is 15.2. The van der Waals surface area contributed by atoms with E-state index >= 15 is 0 Å². The first-order valence-corrected chi connectivity index (χ1v) is 7.51. The molecule has 0 aliphatic heterocycles. The van der Waals surface area contributed by atoms with Crippen molar-refractivity contribution < 1.29 is 9.53 Å². The predicted molar refractivity (Wildman–Crippen MR) is 87.2 cm³/mol. The van der Waals surface area contributed by atoms with E-state index in [2.05, 4.69) is 21.2 Å². The molecular formula is C17H18BrNO2. The Kier molecular flexibility index (Phi) is 5.53. The Morgan fingerprint density at radius 1 is 1.19 bits per heavy atom. The molecule has 0 saturated heterocycles. The fraction of sp³-hybridized carbons (Fsp3) is 0.235. The summed E-state index contributed by atoms with van der Waals surface area (Å²) in [6.07, 6.45) is 0. The van der Waals surface area contributed by atoms with Crippen LogP contribution in [0, 0.1) is 6.92 Å². The quantitative estimate of drug-likeness (QED) is 0.892. The van der Waals surface area contributed by atoms with E-state index in [1.54, 1.807) is 7.11 Å². The summed E-state index contributed by atoms with van der Waals surface area (Å²) in [6, 6.07) is 13.6. The maximum absolute atomic E-state index is 12.2. The van der Waals surface area contributed by atoms with Crippen LogP contribution in [0.2, 0.25) is 0 Å². The van der Waals surface area contributed by atoms with Crippen LogP contribution in [-0.2, 0) is 17.9 Å². The van der Waals surface area contributed by atoms with E-state index in [1.807, 2.05) is 49.4 Å². The van der Waals surface area contributed by atoms with Gasteiger partial charge < -0.3 is 10.1 Å². The maximum atomic E-state index is 12.2. The first-order chi connectivity index (χ1) is 10.1. The Labute approximate surface area is 133 Å². The molecule has 2 rings (SSSR count). The number of benzene rings is 2. The third kappa shape index (κ3) is 4.16. The molecule has 0 aliphatic carbocycles. The van der Waals surface area contributed by atoms with Crippen LogP contribution in [0.3, 0.4) is 0 Å². The number of nitrogens with one attached hydrogen (secondary N) is 1. The number of rotatable bonds is 5. The summed E-state index contributed by atoms with van der Waals surface area (Å²) in [5.74, 6) is -0.0888. The molecule has 1 amide bonds. The van der Waals surface area contributed by atoms with Crippen LogP contribution in [0.4, 0.5) is 0 Å². The highest BCUT2D eigenvalue weighted by Crippen LogP contribution is 2.18. The van der Waals surface area contributed by atoms with Crippen molar-refractivity contribution in [3.8, 4) is 0 Å². The third-order valence-corrected chi connectivity index (χ3v) is 3.88. The molecule has 0 saturated carbocycles. The zero-order valence-corrected chi connectivity index (χ0v) is 13.7. The molecular weight excluding hydrogens is 330 g/mol. The van der Waals surface area contributed by atoms with Gasteiger partial charge in [0, 0.05) is 18.1 Å². The molecule has 0 heterocycles. The molecule has 110 valence electrons. The molecule has 2 aromatic rings. The summed E-state index contributed by atoms with van der Waals surface area (Å²) in [5, 5.41) is 2.95. The SMILES string of the molecule is COCc1ccccc1CNC(=O)c1ccc(C)cc1Br. The Balaban J connectivity index is 2.07. The molecule has 3 nitrogen and oxygen atoms in total. The number of hydrogen-bond donors (Lipinski definition) is 1. The topological polar surface area (TPSA) is 38.3 Å². The van der Waals surface area contributed by atoms with Crippen LogP contribution in [0.5, 0.6) is 0 Å². The van der Waals surface area contributed by atoms with Gasteiger partial charge in [0.1, 0.15) is 0 Å². The first kappa shape index (κ1) is 15.7. The summed E-state index contributed by atoms with van der Waals surface area (Å²) in [6.45, 7) is 3.02. The number of halogens is 1. The molecule has 0 radical (unpaired) electrons. The van der Waals surface area contributed by atoms with Crippen molar-refractivity contribution in [3.63, 3.8) is 0 Å². The highest BCUT2D eigenvalue weighted by Gasteiger charge is 2.10. The average molecular weight is 348 g/mol. The standard InChI is InChI=1S/C17H18BrNO2/c1-12-7-8-15(16(18)9-12)17(20)19-10-13-5-3-4-6-14(13)11-21-2/h3-9H,10-11H2,1-2H3,(H,19,20). The van der Waals surface area contributed by atoms with Gasteiger partial charge in [-0.3, -0.25) is 4.79 Å². The molecule has 1 N–H and O–H groups in total. The molecule has 2 aromatic carbocycles. The van der Waals surface area contributed by atoms with E-state index in [0.29, 0.717) is 18.7 Å². The monoisotopic (exact) mass is 347 g/mol. The molecule has 0 aromatic heterocycles. The van der Waals surface area contributed by atoms with Gasteiger partial charge in [0.15, 0.2) is 0 Å². The largest absolute Gasteiger partial charge is 0.380 e. The number of amides is 1. The zero-order valence-electron chi connectivity index (χ0n) is 12.2. The van der Waals surface area contributed by atoms with Crippen LogP contribution in [0.25, 0.3) is 0 Å². The van der Waals surface area contributed by atoms with Gasteiger partial charge >= 0.3 is 0 Å². The Morgan fingerprint density at radius 3 is 2.57 bits per heavy atom. The Bertz CT molecular complexity index is 640. The van der Waals surface area contributed by atoms with Crippen LogP contribution < -0.4 is 5.32 Å². The highest BCUT2D eigenvalue weighted by atomic mass is 79.9. The van der Waals surface area contributed by atoms with Gasteiger partial charge in [0.05, 0.1) is 12.2 Å². The van der Waals surface area contributed by atoms with Gasteiger partial charge in [-0.2, -0.15) is 0 Å². The number of carbonyl (C=O) groups is 1. The second-order valence-corrected chi connectivity index (χ2v) is 5.72. The molecule has 4 heteroatoms. The van der Waals surface area contributed by atoms with Crippen LogP contribution >= 0.6 is 15.9 Å². The van der Waals surface area contributed by atoms with Gasteiger partial charge in [0.25, 0.3) is 5.91 Å². The second kappa shape index (κ2) is 7.38. The third-order valence-electron chi connectivity index (χ3n) is 3.23.